The van der Waals surface area contributed by atoms with Crippen LogP contribution < -0.4 is 5.32 Å². The van der Waals surface area contributed by atoms with E-state index in [1.807, 2.05) is 0 Å². The van der Waals surface area contributed by atoms with E-state index in [4.69, 9.17) is 17.2 Å². The molecule has 1 fully saturated rings. The van der Waals surface area contributed by atoms with E-state index in [-0.39, 0.29) is 5.66 Å². The van der Waals surface area contributed by atoms with Crippen LogP contribution in [-0.2, 0) is 0 Å². The molecule has 1 spiro atoms. The summed E-state index contributed by atoms with van der Waals surface area (Å²) in [6.45, 7) is 9.15. The molecule has 1 aliphatic carbocycles. The smallest absolute Gasteiger partial charge is 0.131 e. The Morgan fingerprint density at radius 1 is 1.14 bits per heavy atom. The molecule has 0 bridgehead atoms. The van der Waals surface area contributed by atoms with E-state index in [1.54, 1.807) is 0 Å². The summed E-state index contributed by atoms with van der Waals surface area (Å²) in [6, 6.07) is 8.51. The van der Waals surface area contributed by atoms with Crippen molar-refractivity contribution in [2.45, 2.75) is 59.0 Å². The highest BCUT2D eigenvalue weighted by atomic mass is 32.1. The lowest BCUT2D eigenvalue weighted by molar-refractivity contribution is 0.131. The molecule has 1 N–H and O–H groups in total. The quantitative estimate of drug-likeness (QED) is 0.763. The third kappa shape index (κ3) is 2.96. The summed E-state index contributed by atoms with van der Waals surface area (Å²) in [5, 5.41) is 3.53. The van der Waals surface area contributed by atoms with Crippen molar-refractivity contribution < 1.29 is 0 Å². The summed E-state index contributed by atoms with van der Waals surface area (Å²) in [7, 11) is 0. The SMILES string of the molecule is Cc1ccc(C2=NC3(CCC(C(C)(C)C)CC3)NC2=S)cc1. The van der Waals surface area contributed by atoms with Crippen LogP contribution in [0, 0.1) is 18.3 Å². The molecule has 0 saturated heterocycles. The molecule has 0 amide bonds. The van der Waals surface area contributed by atoms with Crippen molar-refractivity contribution in [3.63, 3.8) is 0 Å². The molecule has 1 saturated carbocycles. The van der Waals surface area contributed by atoms with Crippen LogP contribution in [0.4, 0.5) is 0 Å². The van der Waals surface area contributed by atoms with Crippen molar-refractivity contribution >= 4 is 22.9 Å². The average molecular weight is 314 g/mol. The predicted octanol–water partition coefficient (Wildman–Crippen LogP) is 4.65. The van der Waals surface area contributed by atoms with Crippen molar-refractivity contribution in [3.8, 4) is 0 Å². The van der Waals surface area contributed by atoms with Gasteiger partial charge in [-0.3, -0.25) is 4.99 Å². The molecular formula is C19H26N2S. The molecule has 3 rings (SSSR count). The van der Waals surface area contributed by atoms with Crippen molar-refractivity contribution in [3.05, 3.63) is 35.4 Å². The van der Waals surface area contributed by atoms with Gasteiger partial charge < -0.3 is 5.32 Å². The van der Waals surface area contributed by atoms with Gasteiger partial charge in [-0.15, -0.1) is 0 Å². The zero-order valence-electron chi connectivity index (χ0n) is 14.1. The standard InChI is InChI=1S/C19H26N2S/c1-13-5-7-14(8-6-13)16-17(22)21-19(20-16)11-9-15(10-12-19)18(2,3)4/h5-8,15H,9-12H2,1-4H3,(H,21,22). The molecule has 3 heteroatoms. The van der Waals surface area contributed by atoms with Crippen LogP contribution in [0.5, 0.6) is 0 Å². The first-order valence-corrected chi connectivity index (χ1v) is 8.69. The zero-order valence-corrected chi connectivity index (χ0v) is 14.9. The highest BCUT2D eigenvalue weighted by Gasteiger charge is 2.42. The van der Waals surface area contributed by atoms with Crippen LogP contribution in [0.1, 0.15) is 57.6 Å². The Morgan fingerprint density at radius 2 is 1.73 bits per heavy atom. The maximum atomic E-state index is 5.57. The lowest BCUT2D eigenvalue weighted by Crippen LogP contribution is -2.46. The number of aliphatic imine (C=N–C) groups is 1. The number of benzene rings is 1. The molecule has 1 aromatic carbocycles. The maximum Gasteiger partial charge on any atom is 0.131 e. The van der Waals surface area contributed by atoms with Gasteiger partial charge >= 0.3 is 0 Å². The van der Waals surface area contributed by atoms with E-state index in [1.165, 1.54) is 18.4 Å². The second kappa shape index (κ2) is 5.45. The third-order valence-corrected chi connectivity index (χ3v) is 5.55. The fourth-order valence-electron chi connectivity index (χ4n) is 3.67. The molecule has 0 unspecified atom stereocenters. The third-order valence-electron chi connectivity index (χ3n) is 5.25. The normalized spacial score (nSPS) is 28.6. The summed E-state index contributed by atoms with van der Waals surface area (Å²) in [6.07, 6.45) is 4.63. The number of nitrogens with one attached hydrogen (secondary N) is 1. The van der Waals surface area contributed by atoms with E-state index in [0.717, 1.165) is 35.0 Å². The second-order valence-electron chi connectivity index (χ2n) is 7.95. The molecule has 1 aliphatic heterocycles. The Morgan fingerprint density at radius 3 is 2.27 bits per heavy atom. The molecule has 0 atom stereocenters. The van der Waals surface area contributed by atoms with Crippen LogP contribution in [-0.4, -0.2) is 16.4 Å². The highest BCUT2D eigenvalue weighted by Crippen LogP contribution is 2.43. The van der Waals surface area contributed by atoms with Gasteiger partial charge in [0.05, 0.1) is 0 Å². The minimum absolute atomic E-state index is 0.140. The summed E-state index contributed by atoms with van der Waals surface area (Å²) < 4.78 is 0. The molecule has 118 valence electrons. The second-order valence-corrected chi connectivity index (χ2v) is 8.36. The first kappa shape index (κ1) is 15.7. The van der Waals surface area contributed by atoms with Gasteiger partial charge in [-0.05, 0) is 43.9 Å². The van der Waals surface area contributed by atoms with Crippen LogP contribution >= 0.6 is 12.2 Å². The van der Waals surface area contributed by atoms with E-state index in [0.29, 0.717) is 5.41 Å². The largest absolute Gasteiger partial charge is 0.351 e. The van der Waals surface area contributed by atoms with Crippen molar-refractivity contribution in [1.29, 1.82) is 0 Å². The number of aryl methyl sites for hydroxylation is 1. The molecular weight excluding hydrogens is 288 g/mol. The fraction of sp³-hybridized carbons (Fsp3) is 0.579. The van der Waals surface area contributed by atoms with Gasteiger partial charge in [-0.1, -0.05) is 62.8 Å². The monoisotopic (exact) mass is 314 g/mol. The molecule has 22 heavy (non-hydrogen) atoms. The zero-order chi connectivity index (χ0) is 16.0. The predicted molar refractivity (Wildman–Crippen MR) is 97.6 cm³/mol. The summed E-state index contributed by atoms with van der Waals surface area (Å²) in [5.41, 5.74) is 3.63. The van der Waals surface area contributed by atoms with Crippen LogP contribution in [0.2, 0.25) is 0 Å². The van der Waals surface area contributed by atoms with Gasteiger partial charge in [0, 0.05) is 5.56 Å². The Kier molecular flexibility index (Phi) is 3.88. The summed E-state index contributed by atoms with van der Waals surface area (Å²) in [5.74, 6) is 0.784. The number of nitrogens with zero attached hydrogens (tertiary/aromatic N) is 1. The molecule has 1 aromatic rings. The Balaban J connectivity index is 1.80. The number of hydrogen-bond donors (Lipinski definition) is 1. The maximum absolute atomic E-state index is 5.57. The van der Waals surface area contributed by atoms with Crippen LogP contribution in [0.3, 0.4) is 0 Å². The average Bonchev–Trinajstić information content (AvgIpc) is 2.76. The number of hydrogen-bond acceptors (Lipinski definition) is 2. The van der Waals surface area contributed by atoms with E-state index < -0.39 is 0 Å². The molecule has 2 aliphatic rings. The lowest BCUT2D eigenvalue weighted by Gasteiger charge is -2.40. The molecule has 0 aromatic heterocycles. The highest BCUT2D eigenvalue weighted by molar-refractivity contribution is 7.82. The minimum atomic E-state index is -0.140. The van der Waals surface area contributed by atoms with Gasteiger partial charge in [0.25, 0.3) is 0 Å². The van der Waals surface area contributed by atoms with Gasteiger partial charge in [0.1, 0.15) is 16.4 Å². The summed E-state index contributed by atoms with van der Waals surface area (Å²) in [4.78, 5) is 5.86. The van der Waals surface area contributed by atoms with Crippen LogP contribution in [0.15, 0.2) is 29.3 Å². The van der Waals surface area contributed by atoms with Gasteiger partial charge in [0.2, 0.25) is 0 Å². The number of rotatable bonds is 1. The Labute approximate surface area is 139 Å². The van der Waals surface area contributed by atoms with Crippen molar-refractivity contribution in [2.24, 2.45) is 16.3 Å². The van der Waals surface area contributed by atoms with Gasteiger partial charge in [-0.2, -0.15) is 0 Å². The molecule has 1 heterocycles. The van der Waals surface area contributed by atoms with Crippen molar-refractivity contribution in [1.82, 2.24) is 5.32 Å². The first-order chi connectivity index (χ1) is 10.3. The van der Waals surface area contributed by atoms with Gasteiger partial charge in [-0.25, -0.2) is 0 Å². The first-order valence-electron chi connectivity index (χ1n) is 8.28. The number of thiocarbonyl (C=S) groups is 1. The van der Waals surface area contributed by atoms with Gasteiger partial charge in [0.15, 0.2) is 0 Å². The van der Waals surface area contributed by atoms with Crippen LogP contribution in [0.25, 0.3) is 0 Å². The summed E-state index contributed by atoms with van der Waals surface area (Å²) >= 11 is 5.57. The Hall–Kier alpha value is -1.22. The topological polar surface area (TPSA) is 24.4 Å². The van der Waals surface area contributed by atoms with E-state index in [9.17, 15) is 0 Å². The van der Waals surface area contributed by atoms with E-state index in [2.05, 4.69) is 57.3 Å². The minimum Gasteiger partial charge on any atom is -0.351 e. The Bertz CT molecular complexity index is 599. The van der Waals surface area contributed by atoms with Crippen molar-refractivity contribution in [2.75, 3.05) is 0 Å². The molecule has 2 nitrogen and oxygen atoms in total. The fourth-order valence-corrected chi connectivity index (χ4v) is 4.02. The van der Waals surface area contributed by atoms with E-state index >= 15 is 0 Å². The lowest BCUT2D eigenvalue weighted by atomic mass is 9.70. The molecule has 0 radical (unpaired) electrons.